The number of aromatic carboxylic acids is 1. The Morgan fingerprint density at radius 3 is 2.81 bits per heavy atom. The number of ether oxygens (including phenoxy) is 1. The Kier molecular flexibility index (Phi) is 7.27. The van der Waals surface area contributed by atoms with Gasteiger partial charge in [-0.1, -0.05) is 43.3 Å². The van der Waals surface area contributed by atoms with Gasteiger partial charge in [0.25, 0.3) is 0 Å². The number of hydrogen-bond acceptors (Lipinski definition) is 8. The molecule has 0 spiro atoms. The zero-order valence-electron chi connectivity index (χ0n) is 26.1. The number of benzene rings is 2. The van der Waals surface area contributed by atoms with Crippen molar-refractivity contribution in [3.05, 3.63) is 71.4 Å². The minimum atomic E-state index is -1.10. The molecule has 3 aliphatic rings. The number of alkyl halides is 1. The van der Waals surface area contributed by atoms with Crippen LogP contribution in [0.25, 0.3) is 32.9 Å². The molecule has 2 atom stereocenters. The standard InChI is InChI=1S/C35H35F2N7O3/c1-2-21-7-3-8-22-9-4-10-25(28(21)22)30-29(37)31-26(17-38-30)32(42-12-6-14-44-24(19-42)15-27(41-44)33(45)46)40-34(39-31)47-20-35-11-5-13-43(35)18-23(36)16-35/h3-4,7-10,15,17,23H,2,5-6,11-14,16,18-20H2,1H3,(H,45,46)/t23-,35+/m1/s1. The van der Waals surface area contributed by atoms with Crippen LogP contribution >= 0.6 is 0 Å². The number of hydrogen-bond donors (Lipinski definition) is 1. The molecule has 47 heavy (non-hydrogen) atoms. The van der Waals surface area contributed by atoms with Crippen molar-refractivity contribution in [3.63, 3.8) is 0 Å². The molecule has 3 aromatic heterocycles. The first-order valence-corrected chi connectivity index (χ1v) is 16.3. The highest BCUT2D eigenvalue weighted by atomic mass is 19.1. The number of aromatic nitrogens is 5. The van der Waals surface area contributed by atoms with Crippen LogP contribution < -0.4 is 9.64 Å². The third-order valence-corrected chi connectivity index (χ3v) is 10.0. The van der Waals surface area contributed by atoms with Gasteiger partial charge in [0.15, 0.2) is 11.5 Å². The molecule has 3 aliphatic heterocycles. The second-order valence-corrected chi connectivity index (χ2v) is 12.9. The van der Waals surface area contributed by atoms with Crippen LogP contribution in [-0.4, -0.2) is 78.7 Å². The molecule has 2 saturated heterocycles. The second-order valence-electron chi connectivity index (χ2n) is 12.9. The van der Waals surface area contributed by atoms with Gasteiger partial charge >= 0.3 is 12.0 Å². The lowest BCUT2D eigenvalue weighted by molar-refractivity contribution is 0.0689. The highest BCUT2D eigenvalue weighted by Gasteiger charge is 2.49. The normalized spacial score (nSPS) is 21.3. The number of nitrogens with zero attached hydrogens (tertiary/aromatic N) is 7. The van der Waals surface area contributed by atoms with Gasteiger partial charge in [-0.15, -0.1) is 0 Å². The van der Waals surface area contributed by atoms with E-state index < -0.39 is 23.5 Å². The van der Waals surface area contributed by atoms with E-state index in [1.807, 2.05) is 41.3 Å². The van der Waals surface area contributed by atoms with Crippen LogP contribution in [0.1, 0.15) is 54.4 Å². The molecule has 0 radical (unpaired) electrons. The smallest absolute Gasteiger partial charge is 0.356 e. The number of halogens is 2. The number of fused-ring (bicyclic) bond motifs is 4. The molecule has 6 heterocycles. The highest BCUT2D eigenvalue weighted by molar-refractivity contribution is 6.00. The quantitative estimate of drug-likeness (QED) is 0.236. The van der Waals surface area contributed by atoms with E-state index in [0.717, 1.165) is 42.1 Å². The summed E-state index contributed by atoms with van der Waals surface area (Å²) in [4.78, 5) is 29.9. The van der Waals surface area contributed by atoms with Crippen molar-refractivity contribution < 1.29 is 23.4 Å². The summed E-state index contributed by atoms with van der Waals surface area (Å²) >= 11 is 0. The Labute approximate surface area is 270 Å². The maximum absolute atomic E-state index is 16.9. The first-order valence-electron chi connectivity index (χ1n) is 16.3. The van der Waals surface area contributed by atoms with Crippen LogP contribution in [-0.2, 0) is 19.5 Å². The molecule has 10 nitrogen and oxygen atoms in total. The summed E-state index contributed by atoms with van der Waals surface area (Å²) in [5, 5.41) is 16.2. The zero-order valence-corrected chi connectivity index (χ0v) is 26.1. The fourth-order valence-corrected chi connectivity index (χ4v) is 7.82. The third-order valence-electron chi connectivity index (χ3n) is 10.0. The van der Waals surface area contributed by atoms with E-state index >= 15 is 4.39 Å². The minimum absolute atomic E-state index is 0.0169. The Morgan fingerprint density at radius 1 is 1.13 bits per heavy atom. The molecule has 8 rings (SSSR count). The summed E-state index contributed by atoms with van der Waals surface area (Å²) in [7, 11) is 0. The zero-order chi connectivity index (χ0) is 32.3. The summed E-state index contributed by atoms with van der Waals surface area (Å²) in [6.07, 6.45) is 4.32. The van der Waals surface area contributed by atoms with Gasteiger partial charge in [-0.05, 0) is 54.6 Å². The van der Waals surface area contributed by atoms with E-state index in [4.69, 9.17) is 9.72 Å². The van der Waals surface area contributed by atoms with Gasteiger partial charge in [0, 0.05) is 37.8 Å². The fourth-order valence-electron chi connectivity index (χ4n) is 7.82. The van der Waals surface area contributed by atoms with Crippen LogP contribution in [0.4, 0.5) is 14.6 Å². The van der Waals surface area contributed by atoms with Gasteiger partial charge in [-0.25, -0.2) is 13.6 Å². The maximum Gasteiger partial charge on any atom is 0.356 e. The lowest BCUT2D eigenvalue weighted by Gasteiger charge is -2.31. The molecule has 0 bridgehead atoms. The SMILES string of the molecule is CCc1cccc2cccc(-c3ncc4c(N5CCCn6nc(C(=O)O)cc6C5)nc(OC[C@@]56CCCN5C[C@H](F)C6)nc4c3F)c12. The number of carboxylic acid groups (broad SMARTS) is 1. The van der Waals surface area contributed by atoms with Gasteiger partial charge in [0.05, 0.1) is 23.2 Å². The van der Waals surface area contributed by atoms with Crippen LogP contribution in [0.2, 0.25) is 0 Å². The fraction of sp³-hybridized carbons (Fsp3) is 0.400. The minimum Gasteiger partial charge on any atom is -0.476 e. The molecule has 0 unspecified atom stereocenters. The number of rotatable bonds is 7. The number of anilines is 1. The lowest BCUT2D eigenvalue weighted by Crippen LogP contribution is -2.43. The van der Waals surface area contributed by atoms with Crippen molar-refractivity contribution in [1.82, 2.24) is 29.6 Å². The van der Waals surface area contributed by atoms with Gasteiger partial charge in [-0.3, -0.25) is 14.6 Å². The molecular formula is C35H35F2N7O3. The van der Waals surface area contributed by atoms with Crippen molar-refractivity contribution in [1.29, 1.82) is 0 Å². The first kappa shape index (κ1) is 29.7. The number of aryl methyl sites for hydroxylation is 2. The Morgan fingerprint density at radius 2 is 1.98 bits per heavy atom. The largest absolute Gasteiger partial charge is 0.476 e. The van der Waals surface area contributed by atoms with Gasteiger partial charge in [0.2, 0.25) is 0 Å². The van der Waals surface area contributed by atoms with E-state index in [2.05, 4.69) is 26.9 Å². The van der Waals surface area contributed by atoms with E-state index in [-0.39, 0.29) is 29.5 Å². The Hall–Kier alpha value is -4.71. The van der Waals surface area contributed by atoms with Crippen molar-refractivity contribution in [2.24, 2.45) is 0 Å². The number of carbonyl (C=O) groups is 1. The first-order chi connectivity index (χ1) is 22.8. The molecule has 0 aliphatic carbocycles. The summed E-state index contributed by atoms with van der Waals surface area (Å²) < 4.78 is 39.4. The molecule has 1 N–H and O–H groups in total. The molecule has 0 amide bonds. The van der Waals surface area contributed by atoms with Crippen LogP contribution in [0, 0.1) is 5.82 Å². The van der Waals surface area contributed by atoms with E-state index in [1.165, 1.54) is 0 Å². The molecule has 12 heteroatoms. The van der Waals surface area contributed by atoms with Crippen LogP contribution in [0.5, 0.6) is 6.01 Å². The summed E-state index contributed by atoms with van der Waals surface area (Å²) in [5.74, 6) is -1.23. The number of carboxylic acids is 1. The summed E-state index contributed by atoms with van der Waals surface area (Å²) in [6, 6.07) is 13.4. The highest BCUT2D eigenvalue weighted by Crippen LogP contribution is 2.41. The van der Waals surface area contributed by atoms with Crippen LogP contribution in [0.15, 0.2) is 48.7 Å². The van der Waals surface area contributed by atoms with Gasteiger partial charge in [0.1, 0.15) is 29.8 Å². The molecule has 5 aromatic rings. The van der Waals surface area contributed by atoms with Crippen LogP contribution in [0.3, 0.4) is 0 Å². The van der Waals surface area contributed by atoms with E-state index in [9.17, 15) is 14.3 Å². The van der Waals surface area contributed by atoms with Gasteiger partial charge in [-0.2, -0.15) is 15.1 Å². The topological polar surface area (TPSA) is 110 Å². The third kappa shape index (κ3) is 5.06. The van der Waals surface area contributed by atoms with Gasteiger partial charge < -0.3 is 14.7 Å². The maximum atomic E-state index is 16.9. The van der Waals surface area contributed by atoms with E-state index in [0.29, 0.717) is 61.5 Å². The molecular weight excluding hydrogens is 604 g/mol. The molecule has 2 fully saturated rings. The lowest BCUT2D eigenvalue weighted by atomic mass is 9.95. The summed E-state index contributed by atoms with van der Waals surface area (Å²) in [5.41, 5.74) is 2.31. The summed E-state index contributed by atoms with van der Waals surface area (Å²) in [6.45, 7) is 4.89. The average Bonchev–Trinajstić information content (AvgIpc) is 3.70. The molecule has 2 aromatic carbocycles. The average molecular weight is 640 g/mol. The molecule has 0 saturated carbocycles. The predicted molar refractivity (Wildman–Crippen MR) is 173 cm³/mol. The Bertz CT molecular complexity index is 2030. The van der Waals surface area contributed by atoms with Crippen molar-refractivity contribution in [2.45, 2.75) is 63.8 Å². The monoisotopic (exact) mass is 639 g/mol. The Balaban J connectivity index is 1.26. The van der Waals surface area contributed by atoms with Crippen molar-refractivity contribution >= 4 is 33.5 Å². The van der Waals surface area contributed by atoms with Crippen molar-refractivity contribution in [2.75, 3.05) is 31.1 Å². The molecule has 242 valence electrons. The predicted octanol–water partition coefficient (Wildman–Crippen LogP) is 5.81. The number of pyridine rings is 1. The van der Waals surface area contributed by atoms with E-state index in [1.54, 1.807) is 16.9 Å². The van der Waals surface area contributed by atoms with Crippen molar-refractivity contribution in [3.8, 4) is 17.3 Å². The second kappa shape index (κ2) is 11.5.